The number of hydrogen-bond acceptors (Lipinski definition) is 2. The predicted molar refractivity (Wildman–Crippen MR) is 110 cm³/mol. The van der Waals surface area contributed by atoms with Crippen LogP contribution in [0.3, 0.4) is 0 Å². The maximum Gasteiger partial charge on any atom is 0.306 e. The Balaban J connectivity index is 0.00000338. The molecule has 1 aromatic rings. The van der Waals surface area contributed by atoms with E-state index in [2.05, 4.69) is 31.2 Å². The van der Waals surface area contributed by atoms with Crippen LogP contribution in [0.5, 0.6) is 5.75 Å². The molecule has 0 bridgehead atoms. The number of halogens is 1. The summed E-state index contributed by atoms with van der Waals surface area (Å²) in [6.07, 6.45) is 12.7. The molecule has 2 rings (SSSR count). The second-order valence-electron chi connectivity index (χ2n) is 7.43. The van der Waals surface area contributed by atoms with Crippen LogP contribution in [0.2, 0.25) is 0 Å². The first-order valence-electron chi connectivity index (χ1n) is 10.2. The van der Waals surface area contributed by atoms with Gasteiger partial charge in [0.05, 0.1) is 12.5 Å². The highest BCUT2D eigenvalue weighted by Gasteiger charge is 2.26. The number of hydrogen-bond donors (Lipinski definition) is 1. The van der Waals surface area contributed by atoms with Crippen LogP contribution in [0.4, 0.5) is 0 Å². The Hall–Kier alpha value is -1.22. The Labute approximate surface area is 164 Å². The maximum absolute atomic E-state index is 11.0. The lowest BCUT2D eigenvalue weighted by Gasteiger charge is -2.26. The summed E-state index contributed by atoms with van der Waals surface area (Å²) in [5.41, 5.74) is 1.33. The van der Waals surface area contributed by atoms with Gasteiger partial charge in [-0.1, -0.05) is 57.6 Å². The van der Waals surface area contributed by atoms with Crippen molar-refractivity contribution in [2.24, 2.45) is 5.92 Å². The molecule has 3 nitrogen and oxygen atoms in total. The van der Waals surface area contributed by atoms with Crippen molar-refractivity contribution in [1.29, 1.82) is 0 Å². The highest BCUT2D eigenvalue weighted by Crippen LogP contribution is 2.36. The van der Waals surface area contributed by atoms with Crippen molar-refractivity contribution in [2.45, 2.75) is 83.5 Å². The van der Waals surface area contributed by atoms with Crippen molar-refractivity contribution in [2.75, 3.05) is 6.61 Å². The summed E-state index contributed by atoms with van der Waals surface area (Å²) in [6.45, 7) is 3.05. The quantitative estimate of drug-likeness (QED) is 0.438. The third-order valence-electron chi connectivity index (χ3n) is 5.44. The molecule has 0 saturated heterocycles. The summed E-state index contributed by atoms with van der Waals surface area (Å²) in [7, 11) is 0. The topological polar surface area (TPSA) is 46.5 Å². The predicted octanol–water partition coefficient (Wildman–Crippen LogP) is 6.60. The second-order valence-corrected chi connectivity index (χ2v) is 7.43. The SMILES string of the molecule is CCCCCCCCCOc1ccc([C@H]2CC[C@H](C(=O)O)CC2)cc1.Cl. The van der Waals surface area contributed by atoms with Gasteiger partial charge in [-0.15, -0.1) is 12.4 Å². The molecular weight excluding hydrogens is 348 g/mol. The second kappa shape index (κ2) is 13.0. The number of aliphatic carboxylic acids is 1. The molecule has 0 aromatic heterocycles. The summed E-state index contributed by atoms with van der Waals surface area (Å²) >= 11 is 0. The van der Waals surface area contributed by atoms with Gasteiger partial charge in [-0.25, -0.2) is 0 Å². The molecule has 1 saturated carbocycles. The zero-order valence-corrected chi connectivity index (χ0v) is 16.9. The standard InChI is InChI=1S/C22H34O3.ClH/c1-2-3-4-5-6-7-8-17-25-21-15-13-19(14-16-21)18-9-11-20(12-10-18)22(23)24;/h13-16,18,20H,2-12,17H2,1H3,(H,23,24);1H/t18-,20-;. The van der Waals surface area contributed by atoms with Crippen LogP contribution in [0.25, 0.3) is 0 Å². The molecule has 1 aromatic carbocycles. The summed E-state index contributed by atoms with van der Waals surface area (Å²) in [5, 5.41) is 9.09. The Kier molecular flexibility index (Phi) is 11.4. The molecule has 0 atom stereocenters. The highest BCUT2D eigenvalue weighted by atomic mass is 35.5. The lowest BCUT2D eigenvalue weighted by molar-refractivity contribution is -0.142. The van der Waals surface area contributed by atoms with Crippen LogP contribution in [0.15, 0.2) is 24.3 Å². The molecule has 0 amide bonds. The van der Waals surface area contributed by atoms with E-state index >= 15 is 0 Å². The van der Waals surface area contributed by atoms with E-state index < -0.39 is 5.97 Å². The van der Waals surface area contributed by atoms with E-state index in [0.29, 0.717) is 5.92 Å². The van der Waals surface area contributed by atoms with Crippen molar-refractivity contribution < 1.29 is 14.6 Å². The van der Waals surface area contributed by atoms with Crippen LogP contribution < -0.4 is 4.74 Å². The Bertz CT molecular complexity index is 493. The largest absolute Gasteiger partial charge is 0.494 e. The summed E-state index contributed by atoms with van der Waals surface area (Å²) < 4.78 is 5.85. The van der Waals surface area contributed by atoms with Gasteiger partial charge < -0.3 is 9.84 Å². The molecule has 4 heteroatoms. The average molecular weight is 383 g/mol. The van der Waals surface area contributed by atoms with E-state index in [4.69, 9.17) is 9.84 Å². The third kappa shape index (κ3) is 7.99. The number of carboxylic acids is 1. The lowest BCUT2D eigenvalue weighted by atomic mass is 9.79. The number of benzene rings is 1. The van der Waals surface area contributed by atoms with Gasteiger partial charge in [0.2, 0.25) is 0 Å². The Morgan fingerprint density at radius 3 is 2.12 bits per heavy atom. The highest BCUT2D eigenvalue weighted by molar-refractivity contribution is 5.85. The number of carboxylic acid groups (broad SMARTS) is 1. The van der Waals surface area contributed by atoms with Gasteiger partial charge in [-0.05, 0) is 55.7 Å². The minimum atomic E-state index is -0.632. The zero-order chi connectivity index (χ0) is 17.9. The summed E-state index contributed by atoms with van der Waals surface area (Å²) in [5.74, 6) is 0.690. The van der Waals surface area contributed by atoms with Crippen LogP contribution in [0.1, 0.15) is 89.0 Å². The number of ether oxygens (including phenoxy) is 1. The Morgan fingerprint density at radius 2 is 1.54 bits per heavy atom. The maximum atomic E-state index is 11.0. The molecule has 1 aliphatic rings. The smallest absolute Gasteiger partial charge is 0.306 e. The molecule has 148 valence electrons. The molecule has 1 N–H and O–H groups in total. The fraction of sp³-hybridized carbons (Fsp3) is 0.682. The fourth-order valence-electron chi connectivity index (χ4n) is 3.76. The molecule has 0 unspecified atom stereocenters. The first-order chi connectivity index (χ1) is 12.2. The van der Waals surface area contributed by atoms with Crippen LogP contribution in [-0.2, 0) is 4.79 Å². The van der Waals surface area contributed by atoms with E-state index in [-0.39, 0.29) is 18.3 Å². The van der Waals surface area contributed by atoms with Gasteiger partial charge >= 0.3 is 5.97 Å². The average Bonchev–Trinajstić information content (AvgIpc) is 2.64. The van der Waals surface area contributed by atoms with Crippen LogP contribution in [-0.4, -0.2) is 17.7 Å². The molecule has 26 heavy (non-hydrogen) atoms. The van der Waals surface area contributed by atoms with Crippen molar-refractivity contribution in [3.63, 3.8) is 0 Å². The third-order valence-corrected chi connectivity index (χ3v) is 5.44. The molecule has 1 aliphatic carbocycles. The normalized spacial score (nSPS) is 19.6. The van der Waals surface area contributed by atoms with Gasteiger partial charge in [0.1, 0.15) is 5.75 Å². The minimum Gasteiger partial charge on any atom is -0.494 e. The van der Waals surface area contributed by atoms with Crippen LogP contribution >= 0.6 is 12.4 Å². The summed E-state index contributed by atoms with van der Waals surface area (Å²) in [4.78, 5) is 11.0. The zero-order valence-electron chi connectivity index (χ0n) is 16.1. The van der Waals surface area contributed by atoms with Gasteiger partial charge in [-0.2, -0.15) is 0 Å². The number of unbranched alkanes of at least 4 members (excludes halogenated alkanes) is 6. The van der Waals surface area contributed by atoms with Crippen LogP contribution in [0, 0.1) is 5.92 Å². The van der Waals surface area contributed by atoms with E-state index in [0.717, 1.165) is 44.5 Å². The van der Waals surface area contributed by atoms with Gasteiger partial charge in [-0.3, -0.25) is 4.79 Å². The lowest BCUT2D eigenvalue weighted by Crippen LogP contribution is -2.20. The van der Waals surface area contributed by atoms with E-state index in [1.54, 1.807) is 0 Å². The minimum absolute atomic E-state index is 0. The number of carbonyl (C=O) groups is 1. The first-order valence-corrected chi connectivity index (χ1v) is 10.2. The molecule has 0 spiro atoms. The van der Waals surface area contributed by atoms with Gasteiger partial charge in [0, 0.05) is 0 Å². The van der Waals surface area contributed by atoms with Crippen molar-refractivity contribution in [3.8, 4) is 5.75 Å². The van der Waals surface area contributed by atoms with E-state index in [9.17, 15) is 4.79 Å². The number of rotatable bonds is 11. The molecular formula is C22H35ClO3. The fourth-order valence-corrected chi connectivity index (χ4v) is 3.76. The molecule has 0 heterocycles. The Morgan fingerprint density at radius 1 is 0.962 bits per heavy atom. The van der Waals surface area contributed by atoms with Crippen molar-refractivity contribution in [1.82, 2.24) is 0 Å². The summed E-state index contributed by atoms with van der Waals surface area (Å²) in [6, 6.07) is 8.46. The van der Waals surface area contributed by atoms with E-state index in [1.807, 2.05) is 0 Å². The monoisotopic (exact) mass is 382 g/mol. The molecule has 0 aliphatic heterocycles. The first kappa shape index (κ1) is 22.8. The van der Waals surface area contributed by atoms with E-state index in [1.165, 1.54) is 44.1 Å². The molecule has 0 radical (unpaired) electrons. The van der Waals surface area contributed by atoms with Crippen molar-refractivity contribution >= 4 is 18.4 Å². The van der Waals surface area contributed by atoms with Crippen molar-refractivity contribution in [3.05, 3.63) is 29.8 Å². The molecule has 1 fully saturated rings. The van der Waals surface area contributed by atoms with Gasteiger partial charge in [0.15, 0.2) is 0 Å². The van der Waals surface area contributed by atoms with Gasteiger partial charge in [0.25, 0.3) is 0 Å².